The van der Waals surface area contributed by atoms with E-state index in [1.807, 2.05) is 18.2 Å². The lowest BCUT2D eigenvalue weighted by atomic mass is 9.89. The van der Waals surface area contributed by atoms with Crippen molar-refractivity contribution >= 4 is 11.9 Å². The summed E-state index contributed by atoms with van der Waals surface area (Å²) in [6.45, 7) is 4.20. The first kappa shape index (κ1) is 16.3. The first-order valence-corrected chi connectivity index (χ1v) is 7.60. The Morgan fingerprint density at radius 2 is 1.91 bits per heavy atom. The van der Waals surface area contributed by atoms with Crippen molar-refractivity contribution in [2.75, 3.05) is 20.3 Å². The van der Waals surface area contributed by atoms with Gasteiger partial charge in [0.25, 0.3) is 0 Å². The predicted molar refractivity (Wildman–Crippen MR) is 80.8 cm³/mol. The first-order valence-electron chi connectivity index (χ1n) is 7.60. The lowest BCUT2D eigenvalue weighted by molar-refractivity contribution is -0.149. The van der Waals surface area contributed by atoms with Crippen LogP contribution in [0.5, 0.6) is 5.75 Å². The Morgan fingerprint density at radius 1 is 1.18 bits per heavy atom. The molecule has 0 spiro atoms. The molecule has 0 amide bonds. The van der Waals surface area contributed by atoms with Crippen LogP contribution in [0.15, 0.2) is 18.2 Å². The number of methoxy groups -OCH3 is 1. The summed E-state index contributed by atoms with van der Waals surface area (Å²) in [5.74, 6) is -0.492. The Bertz CT molecular complexity index is 552. The average Bonchev–Trinajstić information content (AvgIpc) is 2.86. The molecule has 1 aliphatic rings. The zero-order chi connectivity index (χ0) is 16.1. The Kier molecular flexibility index (Phi) is 5.41. The van der Waals surface area contributed by atoms with Gasteiger partial charge in [0.2, 0.25) is 0 Å². The number of hydrogen-bond acceptors (Lipinski definition) is 5. The van der Waals surface area contributed by atoms with Crippen molar-refractivity contribution in [1.29, 1.82) is 0 Å². The molecule has 5 nitrogen and oxygen atoms in total. The molecule has 0 saturated heterocycles. The Balaban J connectivity index is 2.33. The second-order valence-corrected chi connectivity index (χ2v) is 5.21. The van der Waals surface area contributed by atoms with Gasteiger partial charge in [-0.25, -0.2) is 0 Å². The number of carbonyl (C=O) groups excluding carboxylic acids is 2. The predicted octanol–water partition coefficient (Wildman–Crippen LogP) is 2.47. The number of esters is 2. The van der Waals surface area contributed by atoms with Gasteiger partial charge < -0.3 is 14.2 Å². The molecule has 0 aliphatic heterocycles. The average molecular weight is 306 g/mol. The van der Waals surface area contributed by atoms with Gasteiger partial charge in [0.15, 0.2) is 0 Å². The van der Waals surface area contributed by atoms with Gasteiger partial charge >= 0.3 is 11.9 Å². The molecular formula is C17H22O5. The van der Waals surface area contributed by atoms with Crippen LogP contribution in [0.4, 0.5) is 0 Å². The van der Waals surface area contributed by atoms with Crippen LogP contribution in [0.3, 0.4) is 0 Å². The third kappa shape index (κ3) is 3.24. The normalized spacial score (nSPS) is 19.4. The van der Waals surface area contributed by atoms with Crippen LogP contribution in [-0.2, 0) is 25.5 Å². The van der Waals surface area contributed by atoms with Gasteiger partial charge in [0.1, 0.15) is 5.75 Å². The van der Waals surface area contributed by atoms with E-state index in [1.54, 1.807) is 21.0 Å². The van der Waals surface area contributed by atoms with Gasteiger partial charge in [-0.3, -0.25) is 9.59 Å². The SMILES string of the molecule is CCOC(=O)C[C@H]1c2c(cccc2OC)C[C@@H]1C(=O)OCC. The smallest absolute Gasteiger partial charge is 0.309 e. The van der Waals surface area contributed by atoms with Crippen LogP contribution in [0, 0.1) is 5.92 Å². The quantitative estimate of drug-likeness (QED) is 0.756. The zero-order valence-corrected chi connectivity index (χ0v) is 13.3. The van der Waals surface area contributed by atoms with Gasteiger partial charge in [-0.05, 0) is 31.9 Å². The minimum absolute atomic E-state index is 0.157. The largest absolute Gasteiger partial charge is 0.496 e. The second-order valence-electron chi connectivity index (χ2n) is 5.21. The highest BCUT2D eigenvalue weighted by Gasteiger charge is 2.41. The maximum absolute atomic E-state index is 12.2. The van der Waals surface area contributed by atoms with Crippen LogP contribution < -0.4 is 4.74 Å². The molecule has 1 aliphatic carbocycles. The van der Waals surface area contributed by atoms with Gasteiger partial charge in [0.05, 0.1) is 32.7 Å². The van der Waals surface area contributed by atoms with Gasteiger partial charge in [-0.2, -0.15) is 0 Å². The molecule has 1 aromatic carbocycles. The van der Waals surface area contributed by atoms with Crippen molar-refractivity contribution in [3.05, 3.63) is 29.3 Å². The molecule has 0 fully saturated rings. The van der Waals surface area contributed by atoms with E-state index < -0.39 is 0 Å². The van der Waals surface area contributed by atoms with E-state index in [0.29, 0.717) is 25.4 Å². The van der Waals surface area contributed by atoms with E-state index in [2.05, 4.69) is 0 Å². The summed E-state index contributed by atoms with van der Waals surface area (Å²) in [6, 6.07) is 5.71. The maximum atomic E-state index is 12.2. The van der Waals surface area contributed by atoms with Crippen LogP contribution in [0.25, 0.3) is 0 Å². The van der Waals surface area contributed by atoms with Gasteiger partial charge in [-0.1, -0.05) is 12.1 Å². The number of rotatable bonds is 6. The summed E-state index contributed by atoms with van der Waals surface area (Å²) in [6.07, 6.45) is 0.722. The molecule has 5 heteroatoms. The zero-order valence-electron chi connectivity index (χ0n) is 13.3. The topological polar surface area (TPSA) is 61.8 Å². The lowest BCUT2D eigenvalue weighted by Gasteiger charge is -2.19. The Hall–Kier alpha value is -2.04. The van der Waals surface area contributed by atoms with E-state index in [9.17, 15) is 9.59 Å². The molecule has 0 aromatic heterocycles. The number of carbonyl (C=O) groups is 2. The summed E-state index contributed by atoms with van der Waals surface area (Å²) < 4.78 is 15.6. The van der Waals surface area contributed by atoms with Gasteiger partial charge in [0, 0.05) is 11.5 Å². The molecule has 2 atom stereocenters. The van der Waals surface area contributed by atoms with Gasteiger partial charge in [-0.15, -0.1) is 0 Å². The fourth-order valence-electron chi connectivity index (χ4n) is 3.09. The van der Waals surface area contributed by atoms with E-state index >= 15 is 0 Å². The Morgan fingerprint density at radius 3 is 2.55 bits per heavy atom. The molecule has 0 radical (unpaired) electrons. The number of hydrogen-bond donors (Lipinski definition) is 0. The molecule has 0 unspecified atom stereocenters. The van der Waals surface area contributed by atoms with Crippen molar-refractivity contribution in [3.63, 3.8) is 0 Å². The van der Waals surface area contributed by atoms with E-state index in [0.717, 1.165) is 11.1 Å². The van der Waals surface area contributed by atoms with E-state index in [-0.39, 0.29) is 30.2 Å². The number of benzene rings is 1. The number of fused-ring (bicyclic) bond motifs is 1. The third-order valence-corrected chi connectivity index (χ3v) is 3.95. The summed E-state index contributed by atoms with van der Waals surface area (Å²) >= 11 is 0. The fourth-order valence-corrected chi connectivity index (χ4v) is 3.09. The molecule has 0 bridgehead atoms. The summed E-state index contributed by atoms with van der Waals surface area (Å²) in [4.78, 5) is 24.2. The molecule has 1 aromatic rings. The second kappa shape index (κ2) is 7.29. The summed E-state index contributed by atoms with van der Waals surface area (Å²) in [5.41, 5.74) is 1.96. The molecule has 0 N–H and O–H groups in total. The van der Waals surface area contributed by atoms with Crippen LogP contribution in [-0.4, -0.2) is 32.3 Å². The number of ether oxygens (including phenoxy) is 3. The minimum atomic E-state index is -0.365. The van der Waals surface area contributed by atoms with Crippen molar-refractivity contribution in [2.45, 2.75) is 32.6 Å². The standard InChI is InChI=1S/C17H22O5/c1-4-21-15(18)10-12-13(17(19)22-5-2)9-11-7-6-8-14(20-3)16(11)12/h6-8,12-13H,4-5,9-10H2,1-3H3/t12-,13+/m1/s1. The monoisotopic (exact) mass is 306 g/mol. The molecule has 0 saturated carbocycles. The van der Waals surface area contributed by atoms with Crippen molar-refractivity contribution in [2.24, 2.45) is 5.92 Å². The van der Waals surface area contributed by atoms with E-state index in [4.69, 9.17) is 14.2 Å². The highest BCUT2D eigenvalue weighted by atomic mass is 16.5. The summed E-state index contributed by atoms with van der Waals surface area (Å²) in [7, 11) is 1.59. The lowest BCUT2D eigenvalue weighted by Crippen LogP contribution is -2.24. The Labute approximate surface area is 130 Å². The van der Waals surface area contributed by atoms with Crippen LogP contribution >= 0.6 is 0 Å². The molecule has 120 valence electrons. The van der Waals surface area contributed by atoms with Crippen molar-refractivity contribution in [3.8, 4) is 5.75 Å². The molecule has 2 rings (SSSR count). The van der Waals surface area contributed by atoms with Crippen molar-refractivity contribution in [1.82, 2.24) is 0 Å². The minimum Gasteiger partial charge on any atom is -0.496 e. The fraction of sp³-hybridized carbons (Fsp3) is 0.529. The highest BCUT2D eigenvalue weighted by molar-refractivity contribution is 5.79. The van der Waals surface area contributed by atoms with Crippen LogP contribution in [0.1, 0.15) is 37.3 Å². The summed E-state index contributed by atoms with van der Waals surface area (Å²) in [5, 5.41) is 0. The third-order valence-electron chi connectivity index (χ3n) is 3.95. The molecular weight excluding hydrogens is 284 g/mol. The van der Waals surface area contributed by atoms with Crippen LogP contribution in [0.2, 0.25) is 0 Å². The first-order chi connectivity index (χ1) is 10.6. The molecule has 0 heterocycles. The van der Waals surface area contributed by atoms with E-state index in [1.165, 1.54) is 0 Å². The maximum Gasteiger partial charge on any atom is 0.309 e. The highest BCUT2D eigenvalue weighted by Crippen LogP contribution is 2.45. The molecule has 22 heavy (non-hydrogen) atoms. The van der Waals surface area contributed by atoms with Crippen molar-refractivity contribution < 1.29 is 23.8 Å².